The summed E-state index contributed by atoms with van der Waals surface area (Å²) >= 11 is 0. The molecule has 0 spiro atoms. The smallest absolute Gasteiger partial charge is 0.410 e. The van der Waals surface area contributed by atoms with Crippen molar-refractivity contribution in [1.29, 1.82) is 0 Å². The van der Waals surface area contributed by atoms with Crippen LogP contribution in [-0.4, -0.2) is 138 Å². The lowest BCUT2D eigenvalue weighted by Gasteiger charge is -2.26. The molecule has 3 fully saturated rings. The third kappa shape index (κ3) is 15.2. The molecule has 6 N–H and O–H groups in total. The van der Waals surface area contributed by atoms with Crippen LogP contribution >= 0.6 is 16.5 Å². The fourth-order valence-corrected chi connectivity index (χ4v) is 10.7. The summed E-state index contributed by atoms with van der Waals surface area (Å²) in [5, 5.41) is 21.9. The van der Waals surface area contributed by atoms with Crippen LogP contribution in [0.5, 0.6) is 5.88 Å². The van der Waals surface area contributed by atoms with Gasteiger partial charge in [0.25, 0.3) is 11.5 Å². The summed E-state index contributed by atoms with van der Waals surface area (Å²) in [4.78, 5) is 99.3. The van der Waals surface area contributed by atoms with Crippen LogP contribution in [0.1, 0.15) is 82.1 Å². The van der Waals surface area contributed by atoms with Gasteiger partial charge in [0.2, 0.25) is 23.6 Å². The van der Waals surface area contributed by atoms with E-state index in [2.05, 4.69) is 46.2 Å². The lowest BCUT2D eigenvalue weighted by atomic mass is 10.0. The van der Waals surface area contributed by atoms with E-state index in [1.165, 1.54) is 48.4 Å². The molecule has 28 nitrogen and oxygen atoms in total. The van der Waals surface area contributed by atoms with Gasteiger partial charge < -0.3 is 58.5 Å². The SMILES string of the molecule is CC(C)[C@H](NC(=O)OC(C)(C)C)C(=O)N[C@@H](C)C(=O)Nc1ccc(COC(=O)N(C)Cc2ccccc2C(=O)Nc2nc3c(ncn3[C@@H]3O[C@@H]4CO[PH](=O)O[C@H]5C[C@H](Oc6ccncn6)C[C@@H]5CO[PH](=O)O[C@@H]3[C@@H]4O)c(=O)[nH]2)cc1. The van der Waals surface area contributed by atoms with E-state index in [0.717, 1.165) is 0 Å². The molecule has 1 saturated carbocycles. The van der Waals surface area contributed by atoms with Gasteiger partial charge in [0.05, 0.1) is 25.6 Å². The average Bonchev–Trinajstić information content (AvgIpc) is 4.16. The van der Waals surface area contributed by atoms with Crippen LogP contribution in [-0.2, 0) is 64.2 Å². The number of nitrogens with one attached hydrogen (secondary N) is 5. The van der Waals surface area contributed by atoms with Crippen LogP contribution in [0.4, 0.5) is 21.2 Å². The number of hydrogen-bond acceptors (Lipinski definition) is 21. The number of carbonyl (C=O) groups is 5. The molecule has 2 aliphatic heterocycles. The quantitative estimate of drug-likeness (QED) is 0.0778. The van der Waals surface area contributed by atoms with Gasteiger partial charge in [0.15, 0.2) is 17.4 Å². The fourth-order valence-electron chi connectivity index (χ4n) is 8.88. The lowest BCUT2D eigenvalue weighted by Crippen LogP contribution is -2.54. The van der Waals surface area contributed by atoms with Crippen molar-refractivity contribution < 1.29 is 75.3 Å². The molecule has 0 radical (unpaired) electrons. The van der Waals surface area contributed by atoms with Gasteiger partial charge in [-0.1, -0.05) is 44.2 Å². The van der Waals surface area contributed by atoms with Gasteiger partial charge in [0.1, 0.15) is 55.0 Å². The summed E-state index contributed by atoms with van der Waals surface area (Å²) in [5.41, 5.74) is -0.353. The zero-order valence-electron chi connectivity index (χ0n) is 44.6. The molecule has 30 heteroatoms. The molecule has 5 amide bonds. The minimum atomic E-state index is -3.37. The summed E-state index contributed by atoms with van der Waals surface area (Å²) in [6.45, 7) is 9.27. The standard InChI is InChI=1S/C50H63N11O17P2/c1-26(2)37(56-48(67)76-50(4,5)6)44(65)54-27(3)42(63)55-31-14-12-28(13-15-31)21-71-49(68)60(7)20-29-10-8-9-11-33(29)43(64)58-47-57-41-38(45(66)59-47)53-25-61(41)46-40-39(62)35(75-46)23-73-79(69)77-34-19-32(74-36-16-17-51-24-52-36)18-30(34)22-72-80(70)78-40/h8-17,24-27,30,32,34-35,37,39-40,46,62,79-80H,18-23H2,1-7H3,(H,54,65)(H,55,63)(H,56,67)(H2,57,58,59,64,66)/t27-,30+,32+,34-,35+,37-,39+,40+,46+/m0/s1. The Bertz CT molecular complexity index is 3140. The van der Waals surface area contributed by atoms with Gasteiger partial charge in [-0.15, -0.1) is 0 Å². The van der Waals surface area contributed by atoms with E-state index >= 15 is 0 Å². The van der Waals surface area contributed by atoms with Crippen molar-refractivity contribution in [3.8, 4) is 5.88 Å². The van der Waals surface area contributed by atoms with Crippen molar-refractivity contribution in [2.24, 2.45) is 11.8 Å². The highest BCUT2D eigenvalue weighted by molar-refractivity contribution is 7.33. The predicted molar refractivity (Wildman–Crippen MR) is 284 cm³/mol. The summed E-state index contributed by atoms with van der Waals surface area (Å²) < 4.78 is 73.6. The van der Waals surface area contributed by atoms with E-state index in [9.17, 15) is 43.0 Å². The summed E-state index contributed by atoms with van der Waals surface area (Å²) in [7, 11) is -5.09. The van der Waals surface area contributed by atoms with Crippen molar-refractivity contribution >= 4 is 69.2 Å². The number of alkyl carbamates (subject to hydrolysis) is 1. The number of aliphatic hydroxyl groups is 1. The Labute approximate surface area is 459 Å². The molecule has 2 bridgehead atoms. The van der Waals surface area contributed by atoms with Crippen molar-refractivity contribution in [3.05, 3.63) is 100 Å². The maximum atomic E-state index is 13.9. The third-order valence-electron chi connectivity index (χ3n) is 12.9. The molecule has 5 heterocycles. The van der Waals surface area contributed by atoms with Crippen molar-refractivity contribution in [2.45, 2.75) is 122 Å². The van der Waals surface area contributed by atoms with Gasteiger partial charge in [-0.05, 0) is 69.4 Å². The molecule has 8 rings (SSSR count). The summed E-state index contributed by atoms with van der Waals surface area (Å²) in [6.07, 6.45) is -3.34. The number of nitrogens with zero attached hydrogens (tertiary/aromatic N) is 6. The monoisotopic (exact) mass is 1150 g/mol. The Morgan fingerprint density at radius 2 is 1.65 bits per heavy atom. The lowest BCUT2D eigenvalue weighted by molar-refractivity contribution is -0.128. The number of H-pyrrole nitrogens is 1. The van der Waals surface area contributed by atoms with Gasteiger partial charge in [-0.2, -0.15) is 4.98 Å². The van der Waals surface area contributed by atoms with Crippen LogP contribution in [0.3, 0.4) is 0 Å². The molecule has 2 saturated heterocycles. The van der Waals surface area contributed by atoms with Crippen LogP contribution in [0.2, 0.25) is 0 Å². The van der Waals surface area contributed by atoms with E-state index in [1.807, 2.05) is 0 Å². The molecule has 3 aromatic heterocycles. The number of rotatable bonds is 15. The first-order chi connectivity index (χ1) is 38.1. The van der Waals surface area contributed by atoms with Gasteiger partial charge in [0, 0.05) is 49.4 Å². The molecular formula is C50H63N11O17P2. The number of anilines is 2. The van der Waals surface area contributed by atoms with E-state index in [-0.39, 0.29) is 48.4 Å². The molecule has 80 heavy (non-hydrogen) atoms. The highest BCUT2D eigenvalue weighted by Crippen LogP contribution is 2.44. The fraction of sp³-hybridized carbons (Fsp3) is 0.480. The number of imidazole rings is 1. The molecule has 1 aliphatic carbocycles. The zero-order valence-corrected chi connectivity index (χ0v) is 46.6. The van der Waals surface area contributed by atoms with E-state index in [0.29, 0.717) is 35.5 Å². The molecule has 2 unspecified atom stereocenters. The first-order valence-electron chi connectivity index (χ1n) is 25.5. The molecule has 5 aromatic rings. The van der Waals surface area contributed by atoms with Crippen molar-refractivity contribution in [3.63, 3.8) is 0 Å². The first kappa shape index (κ1) is 59.0. The number of benzene rings is 2. The Morgan fingerprint density at radius 1 is 0.912 bits per heavy atom. The number of aromatic nitrogens is 6. The van der Waals surface area contributed by atoms with Gasteiger partial charge >= 0.3 is 28.7 Å². The Kier molecular flexibility index (Phi) is 19.1. The number of ether oxygens (including phenoxy) is 4. The van der Waals surface area contributed by atoms with Gasteiger partial charge in [-0.3, -0.25) is 47.7 Å². The Hall–Kier alpha value is -7.16. The largest absolute Gasteiger partial charge is 0.474 e. The minimum Gasteiger partial charge on any atom is -0.474 e. The van der Waals surface area contributed by atoms with Crippen LogP contribution < -0.4 is 31.6 Å². The second-order valence-electron chi connectivity index (χ2n) is 20.5. The van der Waals surface area contributed by atoms with Crippen LogP contribution in [0.25, 0.3) is 11.2 Å². The number of carbonyl (C=O) groups excluding carboxylic acids is 5. The second-order valence-corrected chi connectivity index (χ2v) is 22.5. The number of aliphatic hydroxyl groups excluding tert-OH is 1. The van der Waals surface area contributed by atoms with Gasteiger partial charge in [-0.25, -0.2) is 24.5 Å². The summed E-state index contributed by atoms with van der Waals surface area (Å²) in [6, 6.07) is 12.5. The highest BCUT2D eigenvalue weighted by atomic mass is 31.1. The number of amides is 5. The van der Waals surface area contributed by atoms with E-state index < -0.39 is 119 Å². The van der Waals surface area contributed by atoms with Crippen LogP contribution in [0.15, 0.2) is 78.2 Å². The Morgan fingerprint density at radius 3 is 2.38 bits per heavy atom. The summed E-state index contributed by atoms with van der Waals surface area (Å²) in [5.74, 6) is -2.52. The molecule has 430 valence electrons. The average molecular weight is 1150 g/mol. The molecule has 2 aromatic carbocycles. The highest BCUT2D eigenvalue weighted by Gasteiger charge is 2.48. The second kappa shape index (κ2) is 26.0. The number of fused-ring (bicyclic) bond motifs is 4. The topological polar surface area (TPSA) is 354 Å². The maximum Gasteiger partial charge on any atom is 0.410 e. The predicted octanol–water partition coefficient (Wildman–Crippen LogP) is 4.64. The maximum absolute atomic E-state index is 13.9. The number of hydrogen-bond donors (Lipinski definition) is 6. The van der Waals surface area contributed by atoms with E-state index in [1.54, 1.807) is 83.1 Å². The minimum absolute atomic E-state index is 0.0887. The molecule has 11 atom stereocenters. The molecular weight excluding hydrogens is 1090 g/mol. The third-order valence-corrected chi connectivity index (χ3v) is 14.6. The van der Waals surface area contributed by atoms with Crippen molar-refractivity contribution in [1.82, 2.24) is 45.0 Å². The molecule has 3 aliphatic rings. The zero-order chi connectivity index (χ0) is 57.4. The van der Waals surface area contributed by atoms with E-state index in [4.69, 9.17) is 37.0 Å². The van der Waals surface area contributed by atoms with Crippen LogP contribution in [0, 0.1) is 11.8 Å². The first-order valence-corrected chi connectivity index (χ1v) is 27.9. The van der Waals surface area contributed by atoms with Crippen molar-refractivity contribution in [2.75, 3.05) is 30.9 Å². The normalized spacial score (nSPS) is 23.9. The Balaban J connectivity index is 0.858. The number of aromatic amines is 1.